The van der Waals surface area contributed by atoms with E-state index in [9.17, 15) is 18.0 Å². The minimum Gasteiger partial charge on any atom is -0.399 e. The molecule has 0 unspecified atom stereocenters. The molecule has 0 fully saturated rings. The van der Waals surface area contributed by atoms with Gasteiger partial charge in [0.15, 0.2) is 0 Å². The maximum atomic E-state index is 11.8. The number of aromatic nitrogens is 2. The van der Waals surface area contributed by atoms with Crippen LogP contribution >= 0.6 is 11.3 Å². The molecule has 4 nitrogen and oxygen atoms in total. The van der Waals surface area contributed by atoms with Crippen molar-refractivity contribution in [2.24, 2.45) is 0 Å². The number of hydrogen-bond donors (Lipinski definition) is 0. The molecule has 0 saturated heterocycles. The highest BCUT2D eigenvalue weighted by atomic mass is 32.1. The second-order valence-corrected chi connectivity index (χ2v) is 2.53. The number of carbonyl (C=O) groups is 1. The Kier molecular flexibility index (Phi) is 2.27. The average molecular weight is 198 g/mol. The summed E-state index contributed by atoms with van der Waals surface area (Å²) >= 11 is 0.164. The molecule has 8 heteroatoms. The number of hydrogen-bond acceptors (Lipinski definition) is 5. The van der Waals surface area contributed by atoms with Crippen molar-refractivity contribution in [1.82, 2.24) is 10.2 Å². The molecule has 0 saturated carbocycles. The third-order valence-electron chi connectivity index (χ3n) is 0.798. The van der Waals surface area contributed by atoms with Crippen LogP contribution < -0.4 is 4.74 Å². The highest BCUT2D eigenvalue weighted by Gasteiger charge is 2.35. The summed E-state index contributed by atoms with van der Waals surface area (Å²) in [6, 6.07) is 0. The van der Waals surface area contributed by atoms with E-state index < -0.39 is 16.4 Å². The third kappa shape index (κ3) is 1.91. The Balaban J connectivity index is 2.84. The molecule has 0 bridgehead atoms. The van der Waals surface area contributed by atoms with Gasteiger partial charge in [0.25, 0.3) is 6.47 Å². The number of ether oxygens (including phenoxy) is 1. The monoisotopic (exact) mass is 198 g/mol. The maximum absolute atomic E-state index is 11.8. The van der Waals surface area contributed by atoms with Crippen molar-refractivity contribution >= 4 is 17.8 Å². The first kappa shape index (κ1) is 8.91. The molecule has 0 spiro atoms. The largest absolute Gasteiger partial charge is 0.445 e. The third-order valence-corrected chi connectivity index (χ3v) is 1.66. The lowest BCUT2D eigenvalue weighted by Gasteiger charge is -1.96. The molecule has 1 aromatic heterocycles. The van der Waals surface area contributed by atoms with Crippen molar-refractivity contribution in [3.05, 3.63) is 5.01 Å². The SMILES string of the molecule is O=COc1nnc(C(F)(F)F)s1. The quantitative estimate of drug-likeness (QED) is 0.667. The molecule has 0 aromatic carbocycles. The molecule has 1 rings (SSSR count). The van der Waals surface area contributed by atoms with E-state index in [0.717, 1.165) is 0 Å². The summed E-state index contributed by atoms with van der Waals surface area (Å²) < 4.78 is 39.5. The first-order valence-corrected chi connectivity index (χ1v) is 3.36. The van der Waals surface area contributed by atoms with Crippen LogP contribution in [0.25, 0.3) is 0 Å². The first-order valence-electron chi connectivity index (χ1n) is 2.55. The molecule has 0 aliphatic carbocycles. The lowest BCUT2D eigenvalue weighted by Crippen LogP contribution is -2.03. The lowest BCUT2D eigenvalue weighted by molar-refractivity contribution is -0.138. The zero-order valence-corrected chi connectivity index (χ0v) is 6.15. The summed E-state index contributed by atoms with van der Waals surface area (Å²) in [5, 5.41) is 4.17. The van der Waals surface area contributed by atoms with Gasteiger partial charge in [0.2, 0.25) is 5.01 Å². The summed E-state index contributed by atoms with van der Waals surface area (Å²) in [7, 11) is 0. The molecule has 12 heavy (non-hydrogen) atoms. The summed E-state index contributed by atoms with van der Waals surface area (Å²) in [6.07, 6.45) is -4.54. The van der Waals surface area contributed by atoms with Crippen LogP contribution in [-0.4, -0.2) is 16.7 Å². The molecular formula is C4HF3N2O2S. The van der Waals surface area contributed by atoms with E-state index in [-0.39, 0.29) is 17.8 Å². The van der Waals surface area contributed by atoms with E-state index in [4.69, 9.17) is 0 Å². The second kappa shape index (κ2) is 3.05. The number of carbonyl (C=O) groups excluding carboxylic acids is 1. The summed E-state index contributed by atoms with van der Waals surface area (Å²) in [5.74, 6) is 0. The van der Waals surface area contributed by atoms with Crippen molar-refractivity contribution < 1.29 is 22.7 Å². The van der Waals surface area contributed by atoms with Crippen molar-refractivity contribution in [3.8, 4) is 5.19 Å². The van der Waals surface area contributed by atoms with Crippen LogP contribution in [0.1, 0.15) is 5.01 Å². The zero-order chi connectivity index (χ0) is 9.19. The maximum Gasteiger partial charge on any atom is 0.445 e. The molecule has 66 valence electrons. The van der Waals surface area contributed by atoms with Crippen LogP contribution in [0, 0.1) is 0 Å². The Hall–Kier alpha value is -1.18. The molecular weight excluding hydrogens is 197 g/mol. The van der Waals surface area contributed by atoms with Gasteiger partial charge in [-0.1, -0.05) is 16.4 Å². The van der Waals surface area contributed by atoms with Crippen LogP contribution in [0.3, 0.4) is 0 Å². The molecule has 0 N–H and O–H groups in total. The summed E-state index contributed by atoms with van der Waals surface area (Å²) in [4.78, 5) is 9.67. The van der Waals surface area contributed by atoms with Crippen LogP contribution in [-0.2, 0) is 11.0 Å². The van der Waals surface area contributed by atoms with Crippen molar-refractivity contribution in [2.75, 3.05) is 0 Å². The van der Waals surface area contributed by atoms with Gasteiger partial charge in [-0.15, -0.1) is 5.10 Å². The van der Waals surface area contributed by atoms with Crippen molar-refractivity contribution in [3.63, 3.8) is 0 Å². The van der Waals surface area contributed by atoms with Crippen LogP contribution in [0.15, 0.2) is 0 Å². The van der Waals surface area contributed by atoms with Crippen molar-refractivity contribution in [1.29, 1.82) is 0 Å². The van der Waals surface area contributed by atoms with Gasteiger partial charge in [0.1, 0.15) is 0 Å². The number of nitrogens with zero attached hydrogens (tertiary/aromatic N) is 2. The fourth-order valence-corrected chi connectivity index (χ4v) is 0.945. The van der Waals surface area contributed by atoms with E-state index in [1.807, 2.05) is 0 Å². The van der Waals surface area contributed by atoms with Gasteiger partial charge >= 0.3 is 11.4 Å². The van der Waals surface area contributed by atoms with Gasteiger partial charge in [-0.2, -0.15) is 13.2 Å². The Bertz CT molecular complexity index is 284. The van der Waals surface area contributed by atoms with Crippen LogP contribution in [0.4, 0.5) is 13.2 Å². The fourth-order valence-electron chi connectivity index (χ4n) is 0.413. The van der Waals surface area contributed by atoms with Gasteiger partial charge in [0.05, 0.1) is 0 Å². The van der Waals surface area contributed by atoms with Gasteiger partial charge in [-0.05, 0) is 0 Å². The van der Waals surface area contributed by atoms with Crippen molar-refractivity contribution in [2.45, 2.75) is 6.18 Å². The zero-order valence-electron chi connectivity index (χ0n) is 5.33. The average Bonchev–Trinajstić information content (AvgIpc) is 2.35. The molecule has 0 radical (unpaired) electrons. The predicted molar refractivity (Wildman–Crippen MR) is 31.6 cm³/mol. The topological polar surface area (TPSA) is 52.1 Å². The summed E-state index contributed by atoms with van der Waals surface area (Å²) in [5.41, 5.74) is 0. The standard InChI is InChI=1S/C4HF3N2O2S/c5-4(6,7)2-8-9-3(12-2)11-1-10/h1H. The van der Waals surface area contributed by atoms with E-state index in [2.05, 4.69) is 14.9 Å². The van der Waals surface area contributed by atoms with Gasteiger partial charge in [-0.25, -0.2) is 0 Å². The lowest BCUT2D eigenvalue weighted by atomic mass is 10.7. The van der Waals surface area contributed by atoms with Gasteiger partial charge in [-0.3, -0.25) is 4.79 Å². The Morgan fingerprint density at radius 2 is 2.08 bits per heavy atom. The van der Waals surface area contributed by atoms with E-state index >= 15 is 0 Å². The molecule has 0 amide bonds. The summed E-state index contributed by atoms with van der Waals surface area (Å²) in [6.45, 7) is -0.0132. The van der Waals surface area contributed by atoms with E-state index in [1.54, 1.807) is 0 Å². The Morgan fingerprint density at radius 1 is 1.42 bits per heavy atom. The van der Waals surface area contributed by atoms with E-state index in [1.165, 1.54) is 0 Å². The molecule has 0 aliphatic heterocycles. The predicted octanol–water partition coefficient (Wildman–Crippen LogP) is 1.09. The molecule has 0 atom stereocenters. The second-order valence-electron chi connectivity index (χ2n) is 1.58. The number of rotatable bonds is 2. The van der Waals surface area contributed by atoms with Crippen LogP contribution in [0.2, 0.25) is 0 Å². The Labute approximate surface area is 68.0 Å². The minimum absolute atomic E-state index is 0.0132. The van der Waals surface area contributed by atoms with Gasteiger partial charge in [0, 0.05) is 0 Å². The fraction of sp³-hybridized carbons (Fsp3) is 0.250. The van der Waals surface area contributed by atoms with E-state index in [0.29, 0.717) is 0 Å². The minimum atomic E-state index is -4.54. The Morgan fingerprint density at radius 3 is 2.50 bits per heavy atom. The molecule has 1 heterocycles. The first-order chi connectivity index (χ1) is 5.54. The number of alkyl halides is 3. The smallest absolute Gasteiger partial charge is 0.399 e. The highest BCUT2D eigenvalue weighted by molar-refractivity contribution is 7.13. The van der Waals surface area contributed by atoms with Crippen LogP contribution in [0.5, 0.6) is 5.19 Å². The molecule has 0 aliphatic rings. The van der Waals surface area contributed by atoms with Gasteiger partial charge < -0.3 is 4.74 Å². The molecule has 1 aromatic rings. The number of halogens is 3. The normalized spacial score (nSPS) is 11.2. The highest BCUT2D eigenvalue weighted by Crippen LogP contribution is 2.33.